The summed E-state index contributed by atoms with van der Waals surface area (Å²) in [6.45, 7) is 7.33. The van der Waals surface area contributed by atoms with Gasteiger partial charge in [-0.25, -0.2) is 14.6 Å². The highest BCUT2D eigenvalue weighted by Gasteiger charge is 2.45. The molecule has 0 amide bonds. The average Bonchev–Trinajstić information content (AvgIpc) is 3.84. The molecule has 8 rings (SSSR count). The van der Waals surface area contributed by atoms with Gasteiger partial charge < -0.3 is 15.0 Å². The van der Waals surface area contributed by atoms with Gasteiger partial charge in [0.1, 0.15) is 25.1 Å². The van der Waals surface area contributed by atoms with Crippen molar-refractivity contribution in [1.29, 1.82) is 0 Å². The smallest absolute Gasteiger partial charge is 0.318 e. The molecule has 6 heterocycles. The van der Waals surface area contributed by atoms with Gasteiger partial charge in [-0.15, -0.1) is 0 Å². The van der Waals surface area contributed by atoms with E-state index in [1.165, 1.54) is 67.1 Å². The third-order valence-electron chi connectivity index (χ3n) is 9.97. The first kappa shape index (κ1) is 27.9. The van der Waals surface area contributed by atoms with Crippen molar-refractivity contribution in [2.75, 3.05) is 36.5 Å². The number of aromatic nitrogens is 6. The Balaban J connectivity index is 1.12. The number of hydrogen-bond acceptors (Lipinski definition) is 9. The van der Waals surface area contributed by atoms with E-state index in [0.717, 1.165) is 47.8 Å². The lowest BCUT2D eigenvalue weighted by Crippen LogP contribution is -2.43. The van der Waals surface area contributed by atoms with Gasteiger partial charge in [0, 0.05) is 41.5 Å². The van der Waals surface area contributed by atoms with Crippen molar-refractivity contribution in [1.82, 2.24) is 34.6 Å². The summed E-state index contributed by atoms with van der Waals surface area (Å²) in [6.07, 6.45) is 11.6. The van der Waals surface area contributed by atoms with Gasteiger partial charge in [0.2, 0.25) is 0 Å². The number of fused-ring (bicyclic) bond motifs is 3. The van der Waals surface area contributed by atoms with E-state index in [9.17, 15) is 0 Å². The van der Waals surface area contributed by atoms with Crippen molar-refractivity contribution in [3.05, 3.63) is 89.8 Å². The quantitative estimate of drug-likeness (QED) is 0.240. The zero-order valence-electron chi connectivity index (χ0n) is 25.8. The van der Waals surface area contributed by atoms with Crippen LogP contribution in [0.3, 0.4) is 0 Å². The molecule has 0 aliphatic carbocycles. The predicted octanol–water partition coefficient (Wildman–Crippen LogP) is 5.35. The molecule has 0 spiro atoms. The van der Waals surface area contributed by atoms with E-state index in [2.05, 4.69) is 79.6 Å². The van der Waals surface area contributed by atoms with Crippen molar-refractivity contribution in [2.24, 2.45) is 0 Å². The Bertz CT molecular complexity index is 1810. The van der Waals surface area contributed by atoms with Crippen LogP contribution in [0.5, 0.6) is 6.01 Å². The molecule has 10 nitrogen and oxygen atoms in total. The Labute approximate surface area is 263 Å². The minimum atomic E-state index is 0.126. The largest absolute Gasteiger partial charge is 0.461 e. The van der Waals surface area contributed by atoms with Gasteiger partial charge in [-0.05, 0) is 74.7 Å². The molecular formula is C35H39N9O. The highest BCUT2D eigenvalue weighted by Crippen LogP contribution is 2.40. The Hall–Kier alpha value is -4.57. The number of hydrogen-bond donors (Lipinski definition) is 1. The van der Waals surface area contributed by atoms with Crippen LogP contribution in [0.2, 0.25) is 0 Å². The molecule has 230 valence electrons. The topological polar surface area (TPSA) is 97.1 Å². The summed E-state index contributed by atoms with van der Waals surface area (Å²) < 4.78 is 8.22. The maximum Gasteiger partial charge on any atom is 0.318 e. The van der Waals surface area contributed by atoms with Crippen LogP contribution in [0, 0.1) is 0 Å². The van der Waals surface area contributed by atoms with Crippen molar-refractivity contribution < 1.29 is 4.74 Å². The molecule has 3 aliphatic heterocycles. The van der Waals surface area contributed by atoms with Crippen molar-refractivity contribution in [3.63, 3.8) is 0 Å². The standard InChI is InChI=1S/C35H39N9O/c1-2-25-8-3-9-26-10-4-12-30(31(25)26)42-19-13-28-29(21-42)40-34(45-22-35-14-6-17-43(35)18-7-15-35)41-32(28)38-20-27-11-5-16-37-33(27)44-24-36-23-39-44/h3-5,8-12,16,23-24H,2,6-7,13-15,17-22H2,1H3,(H,38,40,41). The number of aryl methyl sites for hydroxylation is 1. The Morgan fingerprint density at radius 3 is 2.62 bits per heavy atom. The zero-order valence-corrected chi connectivity index (χ0v) is 25.8. The minimum absolute atomic E-state index is 0.126. The average molecular weight is 602 g/mol. The van der Waals surface area contributed by atoms with Crippen LogP contribution < -0.4 is 15.0 Å². The molecule has 10 heteroatoms. The lowest BCUT2D eigenvalue weighted by atomic mass is 9.95. The van der Waals surface area contributed by atoms with Gasteiger partial charge in [0.25, 0.3) is 0 Å². The van der Waals surface area contributed by atoms with Crippen LogP contribution in [0.1, 0.15) is 55.0 Å². The molecule has 0 saturated carbocycles. The number of nitrogens with one attached hydrogen (secondary N) is 1. The van der Waals surface area contributed by atoms with Crippen LogP contribution >= 0.6 is 0 Å². The van der Waals surface area contributed by atoms with Crippen LogP contribution in [0.15, 0.2) is 67.4 Å². The first-order valence-electron chi connectivity index (χ1n) is 16.3. The second-order valence-electron chi connectivity index (χ2n) is 12.5. The SMILES string of the molecule is CCc1cccc2cccc(N3CCc4c(nc(OCC56CCCN5CCC6)nc4NCc4cccnc4-n4cncn4)C3)c12. The number of pyridine rings is 1. The monoisotopic (exact) mass is 601 g/mol. The lowest BCUT2D eigenvalue weighted by Gasteiger charge is -2.33. The normalized spacial score (nSPS) is 17.4. The molecule has 2 aromatic carbocycles. The molecule has 0 unspecified atom stereocenters. The fraction of sp³-hybridized carbons (Fsp3) is 0.400. The first-order chi connectivity index (χ1) is 22.2. The summed E-state index contributed by atoms with van der Waals surface area (Å²) >= 11 is 0. The lowest BCUT2D eigenvalue weighted by molar-refractivity contribution is 0.107. The van der Waals surface area contributed by atoms with E-state index in [1.54, 1.807) is 17.2 Å². The van der Waals surface area contributed by atoms with Crippen molar-refractivity contribution in [3.8, 4) is 11.8 Å². The maximum atomic E-state index is 6.53. The molecule has 0 bridgehead atoms. The van der Waals surface area contributed by atoms with Crippen LogP contribution in [-0.2, 0) is 25.9 Å². The highest BCUT2D eigenvalue weighted by molar-refractivity contribution is 5.97. The Morgan fingerprint density at radius 2 is 1.80 bits per heavy atom. The number of anilines is 2. The molecule has 1 N–H and O–H groups in total. The fourth-order valence-electron chi connectivity index (χ4n) is 7.71. The summed E-state index contributed by atoms with van der Waals surface area (Å²) in [5, 5.41) is 10.6. The third kappa shape index (κ3) is 5.16. The summed E-state index contributed by atoms with van der Waals surface area (Å²) in [4.78, 5) is 23.9. The van der Waals surface area contributed by atoms with E-state index in [0.29, 0.717) is 25.7 Å². The Morgan fingerprint density at radius 1 is 0.956 bits per heavy atom. The van der Waals surface area contributed by atoms with E-state index in [4.69, 9.17) is 14.7 Å². The van der Waals surface area contributed by atoms with Crippen LogP contribution in [0.4, 0.5) is 11.5 Å². The van der Waals surface area contributed by atoms with Crippen LogP contribution in [0.25, 0.3) is 16.6 Å². The summed E-state index contributed by atoms with van der Waals surface area (Å²) in [5.41, 5.74) is 5.95. The second kappa shape index (κ2) is 11.7. The van der Waals surface area contributed by atoms with Gasteiger partial charge in [-0.1, -0.05) is 43.3 Å². The molecule has 2 saturated heterocycles. The van der Waals surface area contributed by atoms with Crippen molar-refractivity contribution >= 4 is 22.3 Å². The molecular weight excluding hydrogens is 562 g/mol. The molecule has 5 aromatic rings. The molecule has 0 radical (unpaired) electrons. The summed E-state index contributed by atoms with van der Waals surface area (Å²) in [7, 11) is 0. The van der Waals surface area contributed by atoms with Gasteiger partial charge in [-0.3, -0.25) is 4.90 Å². The molecule has 3 aromatic heterocycles. The number of benzene rings is 2. The number of ether oxygens (including phenoxy) is 1. The van der Waals surface area contributed by atoms with E-state index in [-0.39, 0.29) is 5.54 Å². The zero-order chi connectivity index (χ0) is 30.2. The summed E-state index contributed by atoms with van der Waals surface area (Å²) in [6, 6.07) is 17.7. The van der Waals surface area contributed by atoms with Crippen LogP contribution in [-0.4, -0.2) is 66.4 Å². The van der Waals surface area contributed by atoms with Gasteiger partial charge >= 0.3 is 6.01 Å². The first-order valence-corrected chi connectivity index (χ1v) is 16.3. The van der Waals surface area contributed by atoms with Gasteiger partial charge in [0.15, 0.2) is 5.82 Å². The van der Waals surface area contributed by atoms with Gasteiger partial charge in [0.05, 0.1) is 17.8 Å². The molecule has 0 atom stereocenters. The van der Waals surface area contributed by atoms with E-state index >= 15 is 0 Å². The summed E-state index contributed by atoms with van der Waals surface area (Å²) in [5.74, 6) is 1.58. The van der Waals surface area contributed by atoms with Gasteiger partial charge in [-0.2, -0.15) is 15.1 Å². The number of nitrogens with zero attached hydrogens (tertiary/aromatic N) is 8. The van der Waals surface area contributed by atoms with Crippen molar-refractivity contribution in [2.45, 2.75) is 64.1 Å². The minimum Gasteiger partial charge on any atom is -0.461 e. The third-order valence-corrected chi connectivity index (χ3v) is 9.97. The van der Waals surface area contributed by atoms with E-state index in [1.807, 2.05) is 6.07 Å². The highest BCUT2D eigenvalue weighted by atomic mass is 16.5. The molecule has 2 fully saturated rings. The number of rotatable bonds is 9. The van der Waals surface area contributed by atoms with E-state index < -0.39 is 0 Å². The maximum absolute atomic E-state index is 6.53. The predicted molar refractivity (Wildman–Crippen MR) is 175 cm³/mol. The fourth-order valence-corrected chi connectivity index (χ4v) is 7.71. The second-order valence-corrected chi connectivity index (χ2v) is 12.5. The molecule has 45 heavy (non-hydrogen) atoms. The molecule has 3 aliphatic rings. The Kier molecular flexibility index (Phi) is 7.29.